The molecule has 2 aromatic rings. The Kier molecular flexibility index (Phi) is 4.18. The van der Waals surface area contributed by atoms with Gasteiger partial charge in [0.25, 0.3) is 5.91 Å². The fourth-order valence-electron chi connectivity index (χ4n) is 4.95. The molecule has 30 heavy (non-hydrogen) atoms. The highest BCUT2D eigenvalue weighted by atomic mass is 35.5. The molecule has 0 N–H and O–H groups in total. The maximum Gasteiger partial charge on any atom is 0.269 e. The van der Waals surface area contributed by atoms with Gasteiger partial charge in [0.05, 0.1) is 27.0 Å². The minimum Gasteiger partial charge on any atom is -0.299 e. The number of hydrogen-bond donors (Lipinski definition) is 0. The molecule has 0 unspecified atom stereocenters. The van der Waals surface area contributed by atoms with Gasteiger partial charge >= 0.3 is 0 Å². The molecule has 0 saturated carbocycles. The van der Waals surface area contributed by atoms with Gasteiger partial charge in [-0.05, 0) is 63.1 Å². The number of anilines is 2. The Bertz CT molecular complexity index is 1190. The van der Waals surface area contributed by atoms with Crippen LogP contribution >= 0.6 is 35.0 Å². The molecule has 1 atom stereocenters. The molecule has 2 amide bonds. The fraction of sp³-hybridized carbons (Fsp3) is 0.304. The molecule has 5 rings (SSSR count). The topological polar surface area (TPSA) is 40.6 Å². The monoisotopic (exact) mass is 458 g/mol. The number of hydrogen-bond acceptors (Lipinski definition) is 3. The first kappa shape index (κ1) is 20.0. The summed E-state index contributed by atoms with van der Waals surface area (Å²) in [6.45, 7) is 8.17. The van der Waals surface area contributed by atoms with Gasteiger partial charge in [0.1, 0.15) is 0 Å². The predicted molar refractivity (Wildman–Crippen MR) is 124 cm³/mol. The zero-order valence-corrected chi connectivity index (χ0v) is 19.4. The Morgan fingerprint density at radius 1 is 1.00 bits per heavy atom. The maximum atomic E-state index is 14.1. The van der Waals surface area contributed by atoms with Crippen LogP contribution in [0, 0.1) is 6.92 Å². The summed E-state index contributed by atoms with van der Waals surface area (Å²) in [6.07, 6.45) is 2.13. The van der Waals surface area contributed by atoms with E-state index in [9.17, 15) is 9.59 Å². The number of amides is 2. The number of allylic oxidation sites excluding steroid dienone is 1. The number of halogens is 2. The molecule has 154 valence electrons. The Labute approximate surface area is 189 Å². The molecule has 3 aliphatic heterocycles. The Balaban J connectivity index is 1.82. The highest BCUT2D eigenvalue weighted by Gasteiger charge is 2.64. The van der Waals surface area contributed by atoms with E-state index in [1.54, 1.807) is 23.1 Å². The van der Waals surface area contributed by atoms with E-state index < -0.39 is 10.4 Å². The summed E-state index contributed by atoms with van der Waals surface area (Å²) in [4.78, 5) is 29.6. The van der Waals surface area contributed by atoms with Crippen LogP contribution in [-0.2, 0) is 14.5 Å². The number of fused-ring (bicyclic) bond motifs is 1. The van der Waals surface area contributed by atoms with Crippen LogP contribution in [0.5, 0.6) is 0 Å². The van der Waals surface area contributed by atoms with Crippen LogP contribution in [0.25, 0.3) is 5.57 Å². The molecule has 4 nitrogen and oxygen atoms in total. The van der Waals surface area contributed by atoms with Crippen LogP contribution in [0.15, 0.2) is 36.4 Å². The number of carbonyl (C=O) groups is 2. The van der Waals surface area contributed by atoms with Gasteiger partial charge in [0, 0.05) is 16.8 Å². The van der Waals surface area contributed by atoms with E-state index in [0.717, 1.165) is 28.0 Å². The summed E-state index contributed by atoms with van der Waals surface area (Å²) in [5.74, 6) is -0.000554. The first-order valence-corrected chi connectivity index (χ1v) is 11.4. The molecule has 2 aromatic carbocycles. The standard InChI is InChI=1S/C23H20Cl2N2O2S/c1-12-7-15-13(2)10-22(3,4)27-20(15)16(8-12)23(21(27)29)26(19(28)11-30-23)14-5-6-17(24)18(25)9-14/h5-10H,11H2,1-4H3/t23-/m0/s1. The average Bonchev–Trinajstić information content (AvgIpc) is 3.13. The number of thioether (sulfide) groups is 1. The van der Waals surface area contributed by atoms with Crippen LogP contribution < -0.4 is 9.80 Å². The third kappa shape index (κ3) is 2.43. The summed E-state index contributed by atoms with van der Waals surface area (Å²) >= 11 is 13.8. The van der Waals surface area contributed by atoms with Gasteiger partial charge in [-0.15, -0.1) is 11.8 Å². The van der Waals surface area contributed by atoms with Crippen molar-refractivity contribution in [2.24, 2.45) is 0 Å². The Morgan fingerprint density at radius 3 is 2.43 bits per heavy atom. The first-order valence-electron chi connectivity index (χ1n) is 9.69. The van der Waals surface area contributed by atoms with E-state index in [2.05, 4.69) is 19.1 Å². The number of nitrogens with zero attached hydrogens (tertiary/aromatic N) is 2. The molecule has 3 heterocycles. The lowest BCUT2D eigenvalue weighted by Crippen LogP contribution is -2.54. The largest absolute Gasteiger partial charge is 0.299 e. The van der Waals surface area contributed by atoms with Crippen LogP contribution in [0.1, 0.15) is 37.5 Å². The lowest BCUT2D eigenvalue weighted by atomic mass is 9.88. The highest BCUT2D eigenvalue weighted by molar-refractivity contribution is 8.02. The smallest absolute Gasteiger partial charge is 0.269 e. The normalized spacial score (nSPS) is 24.0. The predicted octanol–water partition coefficient (Wildman–Crippen LogP) is 5.78. The summed E-state index contributed by atoms with van der Waals surface area (Å²) < 4.78 is 0. The van der Waals surface area contributed by atoms with Gasteiger partial charge in [-0.25, -0.2) is 0 Å². The average molecular weight is 459 g/mol. The van der Waals surface area contributed by atoms with E-state index in [4.69, 9.17) is 23.2 Å². The van der Waals surface area contributed by atoms with Crippen molar-refractivity contribution >= 4 is 63.7 Å². The molecule has 0 aromatic heterocycles. The molecule has 1 spiro atoms. The van der Waals surface area contributed by atoms with Crippen molar-refractivity contribution in [1.29, 1.82) is 0 Å². The minimum absolute atomic E-state index is 0.0972. The molecule has 0 aliphatic carbocycles. The molecule has 1 saturated heterocycles. The van der Waals surface area contributed by atoms with Crippen molar-refractivity contribution in [3.8, 4) is 0 Å². The third-order valence-electron chi connectivity index (χ3n) is 6.04. The van der Waals surface area contributed by atoms with Crippen molar-refractivity contribution in [3.63, 3.8) is 0 Å². The zero-order valence-electron chi connectivity index (χ0n) is 17.0. The second-order valence-electron chi connectivity index (χ2n) is 8.59. The number of rotatable bonds is 1. The van der Waals surface area contributed by atoms with Crippen LogP contribution in [0.4, 0.5) is 11.4 Å². The zero-order chi connectivity index (χ0) is 21.6. The van der Waals surface area contributed by atoms with Gasteiger partial charge in [-0.2, -0.15) is 0 Å². The molecular weight excluding hydrogens is 439 g/mol. The van der Waals surface area contributed by atoms with Gasteiger partial charge in [0.2, 0.25) is 10.8 Å². The van der Waals surface area contributed by atoms with Gasteiger partial charge in [-0.1, -0.05) is 35.3 Å². The van der Waals surface area contributed by atoms with Crippen LogP contribution in [-0.4, -0.2) is 23.1 Å². The lowest BCUT2D eigenvalue weighted by Gasteiger charge is -2.40. The van der Waals surface area contributed by atoms with E-state index in [-0.39, 0.29) is 17.6 Å². The van der Waals surface area contributed by atoms with Crippen molar-refractivity contribution in [1.82, 2.24) is 0 Å². The van der Waals surface area contributed by atoms with Crippen molar-refractivity contribution in [2.75, 3.05) is 15.6 Å². The van der Waals surface area contributed by atoms with Gasteiger partial charge < -0.3 is 0 Å². The number of carbonyl (C=O) groups excluding carboxylic acids is 2. The summed E-state index contributed by atoms with van der Waals surface area (Å²) in [6, 6.07) is 9.23. The van der Waals surface area contributed by atoms with Crippen molar-refractivity contribution in [2.45, 2.75) is 38.1 Å². The second kappa shape index (κ2) is 6.28. The SMILES string of the molecule is CC1=CC(C)(C)N2C(=O)[C@@]3(SCC(=O)N3c3ccc(Cl)c(Cl)c3)c3cc(C)cc1c32. The summed E-state index contributed by atoms with van der Waals surface area (Å²) in [7, 11) is 0. The van der Waals surface area contributed by atoms with E-state index >= 15 is 0 Å². The Morgan fingerprint density at radius 2 is 1.73 bits per heavy atom. The lowest BCUT2D eigenvalue weighted by molar-refractivity contribution is -0.124. The number of benzene rings is 2. The first-order chi connectivity index (χ1) is 14.1. The molecule has 0 bridgehead atoms. The van der Waals surface area contributed by atoms with Crippen molar-refractivity contribution < 1.29 is 9.59 Å². The molecule has 1 fully saturated rings. The fourth-order valence-corrected chi connectivity index (χ4v) is 6.56. The van der Waals surface area contributed by atoms with E-state index in [1.165, 1.54) is 11.8 Å². The van der Waals surface area contributed by atoms with Crippen LogP contribution in [0.2, 0.25) is 10.0 Å². The maximum absolute atomic E-state index is 14.1. The van der Waals surface area contributed by atoms with E-state index in [1.807, 2.05) is 31.7 Å². The number of aryl methyl sites for hydroxylation is 1. The third-order valence-corrected chi connectivity index (χ3v) is 8.16. The van der Waals surface area contributed by atoms with Gasteiger partial charge in [0.15, 0.2) is 0 Å². The molecule has 7 heteroatoms. The highest BCUT2D eigenvalue weighted by Crippen LogP contribution is 2.60. The van der Waals surface area contributed by atoms with Crippen LogP contribution in [0.3, 0.4) is 0 Å². The Hall–Kier alpha value is -1.95. The van der Waals surface area contributed by atoms with E-state index in [0.29, 0.717) is 15.7 Å². The minimum atomic E-state index is -1.15. The molecule has 0 radical (unpaired) electrons. The van der Waals surface area contributed by atoms with Gasteiger partial charge in [-0.3, -0.25) is 19.4 Å². The summed E-state index contributed by atoms with van der Waals surface area (Å²) in [5.41, 5.74) is 5.08. The second-order valence-corrected chi connectivity index (χ2v) is 10.6. The molecular formula is C23H20Cl2N2O2S. The van der Waals surface area contributed by atoms with Crippen molar-refractivity contribution in [3.05, 3.63) is 63.1 Å². The quantitative estimate of drug-likeness (QED) is 0.543. The molecule has 3 aliphatic rings. The summed E-state index contributed by atoms with van der Waals surface area (Å²) in [5, 5.41) is 0.758.